The molecule has 27 heavy (non-hydrogen) atoms. The molecule has 6 nitrogen and oxygen atoms in total. The van der Waals surface area contributed by atoms with Crippen LogP contribution < -0.4 is 16.4 Å². The SMILES string of the molecule is CC(C)CCCC(C)NC(N)=NCc1cccc(NC(=O)N2CCCC2)c1. The Kier molecular flexibility index (Phi) is 8.43. The van der Waals surface area contributed by atoms with Crippen molar-refractivity contribution in [3.8, 4) is 0 Å². The maximum atomic E-state index is 12.2. The summed E-state index contributed by atoms with van der Waals surface area (Å²) in [5, 5.41) is 6.23. The zero-order valence-electron chi connectivity index (χ0n) is 17.0. The summed E-state index contributed by atoms with van der Waals surface area (Å²) < 4.78 is 0. The minimum Gasteiger partial charge on any atom is -0.370 e. The molecule has 1 saturated heterocycles. The number of benzene rings is 1. The number of rotatable bonds is 8. The van der Waals surface area contributed by atoms with Crippen molar-refractivity contribution in [2.24, 2.45) is 16.6 Å². The summed E-state index contributed by atoms with van der Waals surface area (Å²) in [6.07, 6.45) is 5.69. The summed E-state index contributed by atoms with van der Waals surface area (Å²) in [4.78, 5) is 18.5. The lowest BCUT2D eigenvalue weighted by Gasteiger charge is -2.16. The number of amides is 2. The van der Waals surface area contributed by atoms with Gasteiger partial charge in [0.15, 0.2) is 5.96 Å². The molecule has 1 aromatic carbocycles. The number of nitrogens with two attached hydrogens (primary N) is 1. The van der Waals surface area contributed by atoms with E-state index in [1.807, 2.05) is 29.2 Å². The van der Waals surface area contributed by atoms with Crippen LogP contribution in [0.3, 0.4) is 0 Å². The Labute approximate surface area is 163 Å². The fraction of sp³-hybridized carbons (Fsp3) is 0.619. The first-order valence-electron chi connectivity index (χ1n) is 10.2. The van der Waals surface area contributed by atoms with Crippen molar-refractivity contribution in [3.05, 3.63) is 29.8 Å². The number of nitrogens with one attached hydrogen (secondary N) is 2. The molecule has 1 fully saturated rings. The maximum Gasteiger partial charge on any atom is 0.321 e. The number of hydrogen-bond acceptors (Lipinski definition) is 2. The molecule has 0 aliphatic carbocycles. The van der Waals surface area contributed by atoms with Crippen LogP contribution in [0.1, 0.15) is 58.4 Å². The predicted octanol–water partition coefficient (Wildman–Crippen LogP) is 3.93. The Bertz CT molecular complexity index is 623. The van der Waals surface area contributed by atoms with Crippen molar-refractivity contribution in [2.75, 3.05) is 18.4 Å². The molecule has 0 saturated carbocycles. The zero-order valence-corrected chi connectivity index (χ0v) is 17.0. The molecule has 0 aromatic heterocycles. The molecule has 6 heteroatoms. The van der Waals surface area contributed by atoms with E-state index in [2.05, 4.69) is 36.4 Å². The van der Waals surface area contributed by atoms with Gasteiger partial charge >= 0.3 is 6.03 Å². The van der Waals surface area contributed by atoms with Gasteiger partial charge in [-0.05, 0) is 49.8 Å². The summed E-state index contributed by atoms with van der Waals surface area (Å²) in [6.45, 7) is 8.80. The summed E-state index contributed by atoms with van der Waals surface area (Å²) >= 11 is 0. The average Bonchev–Trinajstić information content (AvgIpc) is 3.15. The number of aliphatic imine (C=N–C) groups is 1. The highest BCUT2D eigenvalue weighted by Gasteiger charge is 2.17. The number of carbonyl (C=O) groups is 1. The number of guanidine groups is 1. The number of likely N-dealkylation sites (tertiary alicyclic amines) is 1. The van der Waals surface area contributed by atoms with Crippen LogP contribution >= 0.6 is 0 Å². The molecular weight excluding hydrogens is 338 g/mol. The normalized spacial score (nSPS) is 15.9. The minimum atomic E-state index is -0.0236. The molecule has 150 valence electrons. The molecule has 1 heterocycles. The molecule has 4 N–H and O–H groups in total. The van der Waals surface area contributed by atoms with E-state index in [9.17, 15) is 4.79 Å². The van der Waals surface area contributed by atoms with E-state index < -0.39 is 0 Å². The topological polar surface area (TPSA) is 82.7 Å². The van der Waals surface area contributed by atoms with Gasteiger partial charge in [0.05, 0.1) is 6.54 Å². The first-order chi connectivity index (χ1) is 12.9. The van der Waals surface area contributed by atoms with E-state index in [1.54, 1.807) is 0 Å². The number of nitrogens with zero attached hydrogens (tertiary/aromatic N) is 2. The number of anilines is 1. The van der Waals surface area contributed by atoms with Gasteiger partial charge in [-0.3, -0.25) is 0 Å². The van der Waals surface area contributed by atoms with E-state index in [0.717, 1.165) is 49.5 Å². The molecule has 1 aliphatic heterocycles. The largest absolute Gasteiger partial charge is 0.370 e. The lowest BCUT2D eigenvalue weighted by atomic mass is 10.0. The Hall–Kier alpha value is -2.24. The van der Waals surface area contributed by atoms with Crippen molar-refractivity contribution in [2.45, 2.75) is 65.5 Å². The van der Waals surface area contributed by atoms with Gasteiger partial charge in [-0.25, -0.2) is 9.79 Å². The number of carbonyl (C=O) groups excluding carboxylic acids is 1. The fourth-order valence-electron chi connectivity index (χ4n) is 3.25. The second kappa shape index (κ2) is 10.8. The van der Waals surface area contributed by atoms with Crippen molar-refractivity contribution >= 4 is 17.7 Å². The van der Waals surface area contributed by atoms with Gasteiger partial charge in [-0.1, -0.05) is 38.8 Å². The molecule has 1 aliphatic rings. The van der Waals surface area contributed by atoms with Crippen LogP contribution in [-0.4, -0.2) is 36.0 Å². The van der Waals surface area contributed by atoms with Gasteiger partial charge in [0.25, 0.3) is 0 Å². The summed E-state index contributed by atoms with van der Waals surface area (Å²) in [5.74, 6) is 1.21. The predicted molar refractivity (Wildman–Crippen MR) is 113 cm³/mol. The standard InChI is InChI=1S/C21H35N5O/c1-16(2)8-6-9-17(3)24-20(22)23-15-18-10-7-11-19(14-18)25-21(27)26-12-4-5-13-26/h7,10-11,14,16-17H,4-6,8-9,12-13,15H2,1-3H3,(H,25,27)(H3,22,23,24). The monoisotopic (exact) mass is 373 g/mol. The van der Waals surface area contributed by atoms with Crippen LogP contribution in [0.5, 0.6) is 0 Å². The molecule has 2 amide bonds. The van der Waals surface area contributed by atoms with Crippen molar-refractivity contribution in [1.29, 1.82) is 0 Å². The van der Waals surface area contributed by atoms with Crippen LogP contribution in [0, 0.1) is 5.92 Å². The molecular formula is C21H35N5O. The van der Waals surface area contributed by atoms with E-state index in [4.69, 9.17) is 5.73 Å². The second-order valence-electron chi connectivity index (χ2n) is 7.90. The maximum absolute atomic E-state index is 12.2. The quantitative estimate of drug-likeness (QED) is 0.477. The molecule has 1 aromatic rings. The lowest BCUT2D eigenvalue weighted by molar-refractivity contribution is 0.222. The van der Waals surface area contributed by atoms with Gasteiger partial charge in [-0.2, -0.15) is 0 Å². The number of hydrogen-bond donors (Lipinski definition) is 3. The van der Waals surface area contributed by atoms with E-state index >= 15 is 0 Å². The van der Waals surface area contributed by atoms with Gasteiger partial charge in [0.2, 0.25) is 0 Å². The summed E-state index contributed by atoms with van der Waals surface area (Å²) in [5.41, 5.74) is 7.84. The Morgan fingerprint density at radius 3 is 2.67 bits per heavy atom. The molecule has 0 bridgehead atoms. The highest BCUT2D eigenvalue weighted by molar-refractivity contribution is 5.89. The number of urea groups is 1. The Morgan fingerprint density at radius 2 is 1.96 bits per heavy atom. The van der Waals surface area contributed by atoms with Crippen LogP contribution in [0.15, 0.2) is 29.3 Å². The van der Waals surface area contributed by atoms with Crippen LogP contribution in [-0.2, 0) is 6.54 Å². The van der Waals surface area contributed by atoms with Crippen molar-refractivity contribution < 1.29 is 4.79 Å². The third-order valence-corrected chi connectivity index (χ3v) is 4.82. The van der Waals surface area contributed by atoms with Gasteiger partial charge < -0.3 is 21.3 Å². The Balaban J connectivity index is 1.80. The first-order valence-corrected chi connectivity index (χ1v) is 10.2. The highest BCUT2D eigenvalue weighted by Crippen LogP contribution is 2.15. The molecule has 1 atom stereocenters. The van der Waals surface area contributed by atoms with Crippen LogP contribution in [0.2, 0.25) is 0 Å². The van der Waals surface area contributed by atoms with Gasteiger partial charge in [0.1, 0.15) is 0 Å². The highest BCUT2D eigenvalue weighted by atomic mass is 16.2. The molecule has 0 spiro atoms. The molecule has 0 radical (unpaired) electrons. The van der Waals surface area contributed by atoms with Gasteiger partial charge in [0, 0.05) is 24.8 Å². The first kappa shape index (κ1) is 21.1. The molecule has 1 unspecified atom stereocenters. The van der Waals surface area contributed by atoms with Crippen molar-refractivity contribution in [1.82, 2.24) is 10.2 Å². The van der Waals surface area contributed by atoms with Crippen molar-refractivity contribution in [3.63, 3.8) is 0 Å². The third-order valence-electron chi connectivity index (χ3n) is 4.82. The minimum absolute atomic E-state index is 0.0236. The van der Waals surface area contributed by atoms with Crippen LogP contribution in [0.4, 0.5) is 10.5 Å². The smallest absolute Gasteiger partial charge is 0.321 e. The zero-order chi connectivity index (χ0) is 19.6. The molecule has 2 rings (SSSR count). The average molecular weight is 374 g/mol. The van der Waals surface area contributed by atoms with Gasteiger partial charge in [-0.15, -0.1) is 0 Å². The lowest BCUT2D eigenvalue weighted by Crippen LogP contribution is -2.38. The summed E-state index contributed by atoms with van der Waals surface area (Å²) in [7, 11) is 0. The van der Waals surface area contributed by atoms with E-state index in [-0.39, 0.29) is 6.03 Å². The third kappa shape index (κ3) is 7.89. The second-order valence-corrected chi connectivity index (χ2v) is 7.90. The van der Waals surface area contributed by atoms with Crippen LogP contribution in [0.25, 0.3) is 0 Å². The van der Waals surface area contributed by atoms with E-state index in [1.165, 1.54) is 12.8 Å². The fourth-order valence-corrected chi connectivity index (χ4v) is 3.25. The van der Waals surface area contributed by atoms with E-state index in [0.29, 0.717) is 18.5 Å². The summed E-state index contributed by atoms with van der Waals surface area (Å²) in [6, 6.07) is 8.08. The Morgan fingerprint density at radius 1 is 1.22 bits per heavy atom.